The minimum atomic E-state index is -0.995. The summed E-state index contributed by atoms with van der Waals surface area (Å²) in [6.07, 6.45) is 3.27. The van der Waals surface area contributed by atoms with Gasteiger partial charge in [-0.2, -0.15) is 0 Å². The Morgan fingerprint density at radius 2 is 1.97 bits per heavy atom. The van der Waals surface area contributed by atoms with Crippen LogP contribution in [-0.2, 0) is 13.1 Å². The van der Waals surface area contributed by atoms with Crippen molar-refractivity contribution >= 4 is 28.3 Å². The van der Waals surface area contributed by atoms with Crippen molar-refractivity contribution in [2.24, 2.45) is 0 Å². The van der Waals surface area contributed by atoms with Crippen LogP contribution in [0, 0.1) is 11.6 Å². The fourth-order valence-electron chi connectivity index (χ4n) is 4.25. The maximum atomic E-state index is 13.7. The first-order chi connectivity index (χ1) is 18.3. The zero-order valence-corrected chi connectivity index (χ0v) is 21.3. The molecule has 0 unspecified atom stereocenters. The van der Waals surface area contributed by atoms with Gasteiger partial charge in [0.15, 0.2) is 17.4 Å². The molecule has 4 aromatic heterocycles. The number of hydrogen-bond donors (Lipinski definition) is 2. The number of nitrogens with zero attached hydrogens (tertiary/aromatic N) is 4. The van der Waals surface area contributed by atoms with Crippen molar-refractivity contribution in [3.8, 4) is 16.8 Å². The van der Waals surface area contributed by atoms with E-state index in [-0.39, 0.29) is 29.3 Å². The quantitative estimate of drug-likeness (QED) is 0.262. The number of carbonyl (C=O) groups excluding carboxylic acids is 1. The van der Waals surface area contributed by atoms with Crippen molar-refractivity contribution in [1.82, 2.24) is 24.8 Å². The highest BCUT2D eigenvalue weighted by Crippen LogP contribution is 2.38. The molecule has 0 atom stereocenters. The van der Waals surface area contributed by atoms with Crippen molar-refractivity contribution < 1.29 is 23.4 Å². The van der Waals surface area contributed by atoms with Gasteiger partial charge >= 0.3 is 0 Å². The van der Waals surface area contributed by atoms with E-state index in [0.29, 0.717) is 28.5 Å². The minimum absolute atomic E-state index is 0.0301. The second kappa shape index (κ2) is 10.5. The molecule has 1 aromatic carbocycles. The third-order valence-corrected chi connectivity index (χ3v) is 6.54. The molecule has 5 rings (SSSR count). The van der Waals surface area contributed by atoms with Crippen LogP contribution >= 0.6 is 11.3 Å². The second-order valence-corrected chi connectivity index (χ2v) is 9.69. The lowest BCUT2D eigenvalue weighted by molar-refractivity contribution is 0.0950. The van der Waals surface area contributed by atoms with Crippen molar-refractivity contribution in [2.45, 2.75) is 32.9 Å². The van der Waals surface area contributed by atoms with Crippen LogP contribution in [0.4, 0.5) is 8.78 Å². The van der Waals surface area contributed by atoms with Gasteiger partial charge in [0.05, 0.1) is 23.3 Å². The number of nitrogens with one attached hydrogen (secondary N) is 1. The molecule has 0 aliphatic rings. The number of benzene rings is 1. The first kappa shape index (κ1) is 25.3. The lowest BCUT2D eigenvalue weighted by Crippen LogP contribution is -2.24. The molecule has 0 aliphatic carbocycles. The van der Waals surface area contributed by atoms with Gasteiger partial charge in [0.25, 0.3) is 17.0 Å². The number of aromatic hydroxyl groups is 1. The Hall–Kier alpha value is -4.38. The summed E-state index contributed by atoms with van der Waals surface area (Å²) in [5, 5.41) is 15.6. The Balaban J connectivity index is 1.61. The van der Waals surface area contributed by atoms with Crippen LogP contribution in [-0.4, -0.2) is 30.5 Å². The molecular formula is C27H23F2N5O3S. The molecule has 0 fully saturated rings. The van der Waals surface area contributed by atoms with Crippen LogP contribution in [0.15, 0.2) is 60.2 Å². The van der Waals surface area contributed by atoms with Gasteiger partial charge < -0.3 is 19.7 Å². The summed E-state index contributed by atoms with van der Waals surface area (Å²) >= 11 is 1.26. The third kappa shape index (κ3) is 5.05. The molecule has 2 N–H and O–H groups in total. The smallest absolute Gasteiger partial charge is 0.278 e. The summed E-state index contributed by atoms with van der Waals surface area (Å²) in [6.45, 7) is 4.20. The van der Waals surface area contributed by atoms with E-state index in [2.05, 4.69) is 20.3 Å². The Morgan fingerprint density at radius 3 is 2.66 bits per heavy atom. The van der Waals surface area contributed by atoms with Gasteiger partial charge in [0, 0.05) is 36.1 Å². The van der Waals surface area contributed by atoms with E-state index in [0.717, 1.165) is 17.8 Å². The van der Waals surface area contributed by atoms with Gasteiger partial charge in [-0.1, -0.05) is 37.3 Å². The summed E-state index contributed by atoms with van der Waals surface area (Å²) in [5.74, 6) is -2.85. The summed E-state index contributed by atoms with van der Waals surface area (Å²) in [4.78, 5) is 26.4. The van der Waals surface area contributed by atoms with Crippen molar-refractivity contribution in [3.63, 3.8) is 0 Å². The van der Waals surface area contributed by atoms with Crippen LogP contribution in [0.25, 0.3) is 11.0 Å². The molecule has 4 heterocycles. The molecular weight excluding hydrogens is 512 g/mol. The Morgan fingerprint density at radius 1 is 1.13 bits per heavy atom. The summed E-state index contributed by atoms with van der Waals surface area (Å²) in [7, 11) is 0. The predicted octanol–water partition coefficient (Wildman–Crippen LogP) is 5.77. The largest absolute Gasteiger partial charge is 0.491 e. The average molecular weight is 536 g/mol. The lowest BCUT2D eigenvalue weighted by Gasteiger charge is -2.15. The van der Waals surface area contributed by atoms with E-state index >= 15 is 0 Å². The fraction of sp³-hybridized carbons (Fsp3) is 0.185. The number of ether oxygens (including phenoxy) is 1. The SMILES string of the molecule is CC(C)c1c(C(=O)NCc2ccc(F)c(F)c2)c2nc(O)c(Oc3nccs3)cc2n1Cc1ccccn1. The van der Waals surface area contributed by atoms with Crippen molar-refractivity contribution in [1.29, 1.82) is 0 Å². The van der Waals surface area contributed by atoms with Crippen LogP contribution in [0.3, 0.4) is 0 Å². The van der Waals surface area contributed by atoms with E-state index in [1.165, 1.54) is 17.4 Å². The highest BCUT2D eigenvalue weighted by molar-refractivity contribution is 7.11. The summed E-state index contributed by atoms with van der Waals surface area (Å²) < 4.78 is 34.7. The predicted molar refractivity (Wildman–Crippen MR) is 139 cm³/mol. The molecule has 0 bridgehead atoms. The van der Waals surface area contributed by atoms with Gasteiger partial charge in [-0.25, -0.2) is 18.7 Å². The average Bonchev–Trinajstić information content (AvgIpc) is 3.52. The second-order valence-electron chi connectivity index (χ2n) is 8.83. The molecule has 5 aromatic rings. The third-order valence-electron chi connectivity index (χ3n) is 5.89. The lowest BCUT2D eigenvalue weighted by atomic mass is 10.0. The van der Waals surface area contributed by atoms with Crippen LogP contribution in [0.2, 0.25) is 0 Å². The van der Waals surface area contributed by atoms with Crippen molar-refractivity contribution in [3.05, 3.63) is 94.4 Å². The molecule has 11 heteroatoms. The van der Waals surface area contributed by atoms with Crippen molar-refractivity contribution in [2.75, 3.05) is 0 Å². The fourth-order valence-corrected chi connectivity index (χ4v) is 4.75. The number of aromatic nitrogens is 4. The van der Waals surface area contributed by atoms with Crippen LogP contribution in [0.5, 0.6) is 16.8 Å². The van der Waals surface area contributed by atoms with E-state index in [9.17, 15) is 18.7 Å². The highest BCUT2D eigenvalue weighted by atomic mass is 32.1. The number of hydrogen-bond acceptors (Lipinski definition) is 7. The monoisotopic (exact) mass is 535 g/mol. The maximum absolute atomic E-state index is 13.7. The minimum Gasteiger partial charge on any atom is -0.491 e. The van der Waals surface area contributed by atoms with Crippen LogP contribution < -0.4 is 10.1 Å². The Kier molecular flexibility index (Phi) is 7.01. The van der Waals surface area contributed by atoms with Gasteiger partial charge in [-0.05, 0) is 35.7 Å². The Bertz CT molecular complexity index is 1600. The van der Waals surface area contributed by atoms with Gasteiger partial charge in [0.1, 0.15) is 5.52 Å². The van der Waals surface area contributed by atoms with E-state index in [4.69, 9.17) is 4.74 Å². The first-order valence-electron chi connectivity index (χ1n) is 11.8. The normalized spacial score (nSPS) is 11.3. The molecule has 194 valence electrons. The summed E-state index contributed by atoms with van der Waals surface area (Å²) in [5.41, 5.74) is 2.93. The molecule has 0 saturated heterocycles. The number of rotatable bonds is 8. The zero-order chi connectivity index (χ0) is 26.8. The van der Waals surface area contributed by atoms with Gasteiger partial charge in [-0.15, -0.1) is 0 Å². The van der Waals surface area contributed by atoms with E-state index < -0.39 is 23.4 Å². The number of halogens is 2. The standard InChI is InChI=1S/C27H23F2N5O3S/c1-15(2)24-22(26(36)32-13-16-6-7-18(28)19(29)11-16)23-20(34(24)14-17-5-3-4-8-30-17)12-21(25(35)33-23)37-27-31-9-10-38-27/h3-12,15H,13-14H2,1-2H3,(H,32,36)(H,33,35). The number of pyridine rings is 2. The zero-order valence-electron chi connectivity index (χ0n) is 20.5. The number of carbonyl (C=O) groups is 1. The van der Waals surface area contributed by atoms with E-state index in [1.54, 1.807) is 23.8 Å². The molecule has 8 nitrogen and oxygen atoms in total. The van der Waals surface area contributed by atoms with Gasteiger partial charge in [-0.3, -0.25) is 9.78 Å². The highest BCUT2D eigenvalue weighted by Gasteiger charge is 2.28. The maximum Gasteiger partial charge on any atom is 0.278 e. The topological polar surface area (TPSA) is 102 Å². The molecule has 0 radical (unpaired) electrons. The summed E-state index contributed by atoms with van der Waals surface area (Å²) in [6, 6.07) is 10.6. The molecule has 1 amide bonds. The Labute approximate surface area is 220 Å². The molecule has 0 spiro atoms. The van der Waals surface area contributed by atoms with E-state index in [1.807, 2.05) is 36.6 Å². The van der Waals surface area contributed by atoms with Gasteiger partial charge in [0.2, 0.25) is 0 Å². The number of fused-ring (bicyclic) bond motifs is 1. The first-order valence-corrected chi connectivity index (χ1v) is 12.6. The molecule has 0 saturated carbocycles. The van der Waals surface area contributed by atoms with Crippen LogP contribution in [0.1, 0.15) is 47.1 Å². The number of thiazole rings is 1. The molecule has 0 aliphatic heterocycles. The number of amides is 1. The molecule has 38 heavy (non-hydrogen) atoms.